The van der Waals surface area contributed by atoms with Crippen LogP contribution in [-0.4, -0.2) is 25.5 Å². The maximum absolute atomic E-state index is 5.37. The predicted molar refractivity (Wildman–Crippen MR) is 88.7 cm³/mol. The second-order valence-electron chi connectivity index (χ2n) is 4.48. The standard InChI is InChI=1S/C15H20N2O2S2/c1-10-17-12(9-21-10)8-16-7-11-5-13(18-2)14(19-3)6-15(11)20-4/h5-6,9,16H,7-8H2,1-4H3. The molecule has 0 spiro atoms. The molecule has 0 atom stereocenters. The number of aromatic nitrogens is 1. The van der Waals surface area contributed by atoms with Crippen molar-refractivity contribution in [3.63, 3.8) is 0 Å². The summed E-state index contributed by atoms with van der Waals surface area (Å²) in [5.74, 6) is 1.53. The molecule has 4 nitrogen and oxygen atoms in total. The third-order valence-electron chi connectivity index (χ3n) is 3.07. The molecule has 0 aliphatic heterocycles. The monoisotopic (exact) mass is 324 g/mol. The molecule has 0 amide bonds. The normalized spacial score (nSPS) is 10.7. The second-order valence-corrected chi connectivity index (χ2v) is 6.39. The van der Waals surface area contributed by atoms with Crippen molar-refractivity contribution in [2.45, 2.75) is 24.9 Å². The number of thiazole rings is 1. The van der Waals surface area contributed by atoms with Gasteiger partial charge in [-0.2, -0.15) is 0 Å². The van der Waals surface area contributed by atoms with Gasteiger partial charge in [-0.1, -0.05) is 0 Å². The molecule has 0 bridgehead atoms. The van der Waals surface area contributed by atoms with Crippen molar-refractivity contribution < 1.29 is 9.47 Å². The largest absolute Gasteiger partial charge is 0.493 e. The fraction of sp³-hybridized carbons (Fsp3) is 0.400. The molecule has 2 rings (SSSR count). The van der Waals surface area contributed by atoms with E-state index in [9.17, 15) is 0 Å². The van der Waals surface area contributed by atoms with Crippen LogP contribution in [0.4, 0.5) is 0 Å². The summed E-state index contributed by atoms with van der Waals surface area (Å²) < 4.78 is 10.7. The molecule has 0 fully saturated rings. The number of rotatable bonds is 7. The molecule has 0 unspecified atom stereocenters. The fourth-order valence-electron chi connectivity index (χ4n) is 2.05. The first kappa shape index (κ1) is 16.1. The molecule has 114 valence electrons. The average molecular weight is 324 g/mol. The van der Waals surface area contributed by atoms with Crippen LogP contribution < -0.4 is 14.8 Å². The minimum absolute atomic E-state index is 0.761. The molecule has 1 aromatic carbocycles. The lowest BCUT2D eigenvalue weighted by atomic mass is 10.2. The van der Waals surface area contributed by atoms with Gasteiger partial charge in [0.1, 0.15) is 0 Å². The van der Waals surface area contributed by atoms with E-state index in [0.717, 1.165) is 35.3 Å². The Hall–Kier alpha value is -1.24. The van der Waals surface area contributed by atoms with Gasteiger partial charge in [-0.25, -0.2) is 4.98 Å². The van der Waals surface area contributed by atoms with Gasteiger partial charge in [-0.15, -0.1) is 23.1 Å². The van der Waals surface area contributed by atoms with Crippen molar-refractivity contribution in [2.24, 2.45) is 0 Å². The zero-order valence-electron chi connectivity index (χ0n) is 12.7. The van der Waals surface area contributed by atoms with Crippen LogP contribution in [0.15, 0.2) is 22.4 Å². The van der Waals surface area contributed by atoms with Crippen LogP contribution in [-0.2, 0) is 13.1 Å². The highest BCUT2D eigenvalue weighted by Crippen LogP contribution is 2.34. The Morgan fingerprint density at radius 3 is 2.48 bits per heavy atom. The van der Waals surface area contributed by atoms with E-state index in [1.807, 2.05) is 19.1 Å². The predicted octanol–water partition coefficient (Wildman–Crippen LogP) is 3.48. The highest BCUT2D eigenvalue weighted by Gasteiger charge is 2.10. The Kier molecular flexibility index (Phi) is 5.90. The minimum Gasteiger partial charge on any atom is -0.493 e. The number of aryl methyl sites for hydroxylation is 1. The van der Waals surface area contributed by atoms with E-state index in [-0.39, 0.29) is 0 Å². The quantitative estimate of drug-likeness (QED) is 0.790. The number of methoxy groups -OCH3 is 2. The summed E-state index contributed by atoms with van der Waals surface area (Å²) in [6, 6.07) is 4.05. The maximum atomic E-state index is 5.37. The van der Waals surface area contributed by atoms with Gasteiger partial charge in [0.25, 0.3) is 0 Å². The van der Waals surface area contributed by atoms with Crippen LogP contribution >= 0.6 is 23.1 Å². The molecule has 1 N–H and O–H groups in total. The first-order chi connectivity index (χ1) is 10.2. The van der Waals surface area contributed by atoms with Crippen LogP contribution in [0.1, 0.15) is 16.3 Å². The van der Waals surface area contributed by atoms with Gasteiger partial charge < -0.3 is 14.8 Å². The number of nitrogens with one attached hydrogen (secondary N) is 1. The minimum atomic E-state index is 0.761. The Morgan fingerprint density at radius 2 is 1.90 bits per heavy atom. The molecule has 0 aliphatic carbocycles. The van der Waals surface area contributed by atoms with Crippen molar-refractivity contribution in [2.75, 3.05) is 20.5 Å². The summed E-state index contributed by atoms with van der Waals surface area (Å²) >= 11 is 3.38. The number of ether oxygens (including phenoxy) is 2. The summed E-state index contributed by atoms with van der Waals surface area (Å²) in [5, 5.41) is 6.62. The molecule has 6 heteroatoms. The van der Waals surface area contributed by atoms with E-state index in [1.165, 1.54) is 10.5 Å². The van der Waals surface area contributed by atoms with Crippen LogP contribution in [0.5, 0.6) is 11.5 Å². The molecular weight excluding hydrogens is 304 g/mol. The lowest BCUT2D eigenvalue weighted by Gasteiger charge is -2.14. The molecular formula is C15H20N2O2S2. The van der Waals surface area contributed by atoms with E-state index in [4.69, 9.17) is 9.47 Å². The van der Waals surface area contributed by atoms with Crippen molar-refractivity contribution in [3.05, 3.63) is 33.8 Å². The smallest absolute Gasteiger partial charge is 0.161 e. The topological polar surface area (TPSA) is 43.4 Å². The molecule has 1 heterocycles. The number of hydrogen-bond donors (Lipinski definition) is 1. The van der Waals surface area contributed by atoms with E-state index in [2.05, 4.69) is 21.9 Å². The number of benzene rings is 1. The Labute approximate surface area is 133 Å². The summed E-state index contributed by atoms with van der Waals surface area (Å²) in [7, 11) is 3.32. The lowest BCUT2D eigenvalue weighted by molar-refractivity contribution is 0.353. The van der Waals surface area contributed by atoms with Gasteiger partial charge >= 0.3 is 0 Å². The SMILES string of the molecule is COc1cc(CNCc2csc(C)n2)c(SC)cc1OC. The van der Waals surface area contributed by atoms with Crippen molar-refractivity contribution in [1.82, 2.24) is 10.3 Å². The Morgan fingerprint density at radius 1 is 1.19 bits per heavy atom. The molecule has 2 aromatic rings. The number of nitrogens with zero attached hydrogens (tertiary/aromatic N) is 1. The van der Waals surface area contributed by atoms with E-state index >= 15 is 0 Å². The maximum Gasteiger partial charge on any atom is 0.161 e. The molecule has 0 aliphatic rings. The molecule has 21 heavy (non-hydrogen) atoms. The third-order valence-corrected chi connectivity index (χ3v) is 4.72. The van der Waals surface area contributed by atoms with Crippen molar-refractivity contribution in [3.8, 4) is 11.5 Å². The molecule has 1 aromatic heterocycles. The highest BCUT2D eigenvalue weighted by atomic mass is 32.2. The van der Waals surface area contributed by atoms with Gasteiger partial charge in [-0.3, -0.25) is 0 Å². The second kappa shape index (κ2) is 7.68. The van der Waals surface area contributed by atoms with Crippen LogP contribution in [0, 0.1) is 6.92 Å². The lowest BCUT2D eigenvalue weighted by Crippen LogP contribution is -2.13. The molecule has 0 saturated heterocycles. The third kappa shape index (κ3) is 4.12. The van der Waals surface area contributed by atoms with E-state index < -0.39 is 0 Å². The summed E-state index contributed by atoms with van der Waals surface area (Å²) in [6.07, 6.45) is 2.06. The van der Waals surface area contributed by atoms with Gasteiger partial charge in [0, 0.05) is 23.4 Å². The van der Waals surface area contributed by atoms with Gasteiger partial charge in [-0.05, 0) is 30.9 Å². The van der Waals surface area contributed by atoms with Gasteiger partial charge in [0.05, 0.1) is 24.9 Å². The van der Waals surface area contributed by atoms with Crippen LogP contribution in [0.25, 0.3) is 0 Å². The number of hydrogen-bond acceptors (Lipinski definition) is 6. The first-order valence-corrected chi connectivity index (χ1v) is 8.69. The number of thioether (sulfide) groups is 1. The van der Waals surface area contributed by atoms with Crippen molar-refractivity contribution in [1.29, 1.82) is 0 Å². The first-order valence-electron chi connectivity index (χ1n) is 6.58. The van der Waals surface area contributed by atoms with Gasteiger partial charge in [0.2, 0.25) is 0 Å². The fourth-order valence-corrected chi connectivity index (χ4v) is 3.28. The summed E-state index contributed by atoms with van der Waals surface area (Å²) in [6.45, 7) is 3.56. The van der Waals surface area contributed by atoms with Crippen LogP contribution in [0.3, 0.4) is 0 Å². The zero-order chi connectivity index (χ0) is 15.2. The zero-order valence-corrected chi connectivity index (χ0v) is 14.4. The highest BCUT2D eigenvalue weighted by molar-refractivity contribution is 7.98. The van der Waals surface area contributed by atoms with Crippen LogP contribution in [0.2, 0.25) is 0 Å². The average Bonchev–Trinajstić information content (AvgIpc) is 2.92. The Balaban J connectivity index is 2.07. The Bertz CT molecular complexity index is 599. The van der Waals surface area contributed by atoms with E-state index in [0.29, 0.717) is 0 Å². The summed E-state index contributed by atoms with van der Waals surface area (Å²) in [5.41, 5.74) is 2.29. The summed E-state index contributed by atoms with van der Waals surface area (Å²) in [4.78, 5) is 5.64. The molecule has 0 radical (unpaired) electrons. The van der Waals surface area contributed by atoms with E-state index in [1.54, 1.807) is 37.3 Å². The van der Waals surface area contributed by atoms with Gasteiger partial charge in [0.15, 0.2) is 11.5 Å². The van der Waals surface area contributed by atoms with Crippen molar-refractivity contribution >= 4 is 23.1 Å². The molecule has 0 saturated carbocycles.